The molecule has 0 radical (unpaired) electrons. The van der Waals surface area contributed by atoms with Crippen LogP contribution in [0, 0.1) is 5.41 Å². The zero-order chi connectivity index (χ0) is 13.7. The Morgan fingerprint density at radius 3 is 2.74 bits per heavy atom. The highest BCUT2D eigenvalue weighted by Gasteiger charge is 2.27. The van der Waals surface area contributed by atoms with Crippen LogP contribution in [0.15, 0.2) is 0 Å². The maximum atomic E-state index is 11.9. The van der Waals surface area contributed by atoms with Gasteiger partial charge in [0.05, 0.1) is 12.2 Å². The maximum absolute atomic E-state index is 11.9. The van der Waals surface area contributed by atoms with E-state index in [1.807, 2.05) is 0 Å². The Bertz CT molecular complexity index is 301. The lowest BCUT2D eigenvalue weighted by Gasteiger charge is -2.34. The van der Waals surface area contributed by atoms with Crippen LogP contribution in [0.2, 0.25) is 0 Å². The molecule has 110 valence electrons. The van der Waals surface area contributed by atoms with Crippen LogP contribution in [0.3, 0.4) is 0 Å². The van der Waals surface area contributed by atoms with Crippen LogP contribution in [-0.2, 0) is 9.53 Å². The van der Waals surface area contributed by atoms with Gasteiger partial charge in [0.1, 0.15) is 0 Å². The average Bonchev–Trinajstić information content (AvgIpc) is 2.81. The van der Waals surface area contributed by atoms with Crippen LogP contribution in [0.1, 0.15) is 52.4 Å². The molecule has 2 saturated heterocycles. The molecule has 0 aliphatic carbocycles. The number of ether oxygens (including phenoxy) is 1. The molecule has 2 heterocycles. The van der Waals surface area contributed by atoms with Crippen molar-refractivity contribution in [2.45, 2.75) is 64.6 Å². The van der Waals surface area contributed by atoms with Crippen LogP contribution >= 0.6 is 0 Å². The van der Waals surface area contributed by atoms with Gasteiger partial charge in [-0.25, -0.2) is 0 Å². The molecular formula is C15H28N2O2. The SMILES string of the molecule is CC1CCC(CCC(=O)NCC2(C)CCNCC2)O1. The van der Waals surface area contributed by atoms with Gasteiger partial charge >= 0.3 is 0 Å². The standard InChI is InChI=1S/C15H28N2O2/c1-12-3-4-13(19-12)5-6-14(18)17-11-15(2)7-9-16-10-8-15/h12-13,16H,3-11H2,1-2H3,(H,17,18). The van der Waals surface area contributed by atoms with Gasteiger partial charge in [-0.05, 0) is 57.5 Å². The van der Waals surface area contributed by atoms with E-state index >= 15 is 0 Å². The van der Waals surface area contributed by atoms with Gasteiger partial charge in [0, 0.05) is 13.0 Å². The van der Waals surface area contributed by atoms with Gasteiger partial charge in [-0.1, -0.05) is 6.92 Å². The fraction of sp³-hybridized carbons (Fsp3) is 0.933. The van der Waals surface area contributed by atoms with E-state index in [1.165, 1.54) is 0 Å². The molecule has 0 bridgehead atoms. The van der Waals surface area contributed by atoms with Gasteiger partial charge in [-0.2, -0.15) is 0 Å². The minimum absolute atomic E-state index is 0.183. The Morgan fingerprint density at radius 1 is 1.37 bits per heavy atom. The zero-order valence-corrected chi connectivity index (χ0v) is 12.3. The average molecular weight is 268 g/mol. The van der Waals surface area contributed by atoms with Gasteiger partial charge in [-0.3, -0.25) is 4.79 Å². The number of carbonyl (C=O) groups excluding carboxylic acids is 1. The number of amides is 1. The summed E-state index contributed by atoms with van der Waals surface area (Å²) >= 11 is 0. The van der Waals surface area contributed by atoms with Gasteiger partial charge in [0.15, 0.2) is 0 Å². The van der Waals surface area contributed by atoms with Crippen LogP contribution in [-0.4, -0.2) is 37.7 Å². The van der Waals surface area contributed by atoms with Crippen LogP contribution in [0.25, 0.3) is 0 Å². The molecule has 0 aromatic carbocycles. The van der Waals surface area contributed by atoms with Gasteiger partial charge in [-0.15, -0.1) is 0 Å². The molecule has 0 aromatic rings. The highest BCUT2D eigenvalue weighted by molar-refractivity contribution is 5.75. The molecule has 2 fully saturated rings. The van der Waals surface area contributed by atoms with E-state index in [0.29, 0.717) is 18.6 Å². The van der Waals surface area contributed by atoms with Crippen LogP contribution < -0.4 is 10.6 Å². The van der Waals surface area contributed by atoms with E-state index in [9.17, 15) is 4.79 Å². The predicted octanol–water partition coefficient (Wildman–Crippen LogP) is 1.84. The third-order valence-electron chi connectivity index (χ3n) is 4.54. The number of nitrogens with one attached hydrogen (secondary N) is 2. The smallest absolute Gasteiger partial charge is 0.220 e. The molecule has 0 aromatic heterocycles. The van der Waals surface area contributed by atoms with Crippen molar-refractivity contribution in [2.75, 3.05) is 19.6 Å². The molecule has 2 N–H and O–H groups in total. The van der Waals surface area contributed by atoms with Crippen molar-refractivity contribution < 1.29 is 9.53 Å². The van der Waals surface area contributed by atoms with Crippen LogP contribution in [0.5, 0.6) is 0 Å². The summed E-state index contributed by atoms with van der Waals surface area (Å²) in [7, 11) is 0. The van der Waals surface area contributed by atoms with E-state index in [0.717, 1.165) is 51.7 Å². The molecule has 4 nitrogen and oxygen atoms in total. The molecule has 19 heavy (non-hydrogen) atoms. The summed E-state index contributed by atoms with van der Waals surface area (Å²) in [6.07, 6.45) is 6.69. The van der Waals surface area contributed by atoms with E-state index in [2.05, 4.69) is 24.5 Å². The lowest BCUT2D eigenvalue weighted by Crippen LogP contribution is -2.42. The molecule has 2 atom stereocenters. The number of carbonyl (C=O) groups is 1. The second-order valence-electron chi connectivity index (χ2n) is 6.52. The summed E-state index contributed by atoms with van der Waals surface area (Å²) in [5.74, 6) is 0.183. The zero-order valence-electron chi connectivity index (χ0n) is 12.3. The summed E-state index contributed by atoms with van der Waals surface area (Å²) in [4.78, 5) is 11.9. The van der Waals surface area contributed by atoms with Crippen molar-refractivity contribution in [3.63, 3.8) is 0 Å². The second kappa shape index (κ2) is 6.71. The number of rotatable bonds is 5. The van der Waals surface area contributed by atoms with Crippen LogP contribution in [0.4, 0.5) is 0 Å². The number of hydrogen-bond donors (Lipinski definition) is 2. The fourth-order valence-electron chi connectivity index (χ4n) is 3.00. The Hall–Kier alpha value is -0.610. The fourth-order valence-corrected chi connectivity index (χ4v) is 3.00. The Balaban J connectivity index is 1.61. The van der Waals surface area contributed by atoms with Crippen molar-refractivity contribution in [1.82, 2.24) is 10.6 Å². The quantitative estimate of drug-likeness (QED) is 0.800. The van der Waals surface area contributed by atoms with Crippen molar-refractivity contribution in [1.29, 1.82) is 0 Å². The monoisotopic (exact) mass is 268 g/mol. The predicted molar refractivity (Wildman–Crippen MR) is 76.0 cm³/mol. The van der Waals surface area contributed by atoms with Gasteiger partial charge < -0.3 is 15.4 Å². The Morgan fingerprint density at radius 2 is 2.11 bits per heavy atom. The number of hydrogen-bond acceptors (Lipinski definition) is 3. The topological polar surface area (TPSA) is 50.4 Å². The first-order valence-corrected chi connectivity index (χ1v) is 7.70. The normalized spacial score (nSPS) is 30.2. The third kappa shape index (κ3) is 4.77. The van der Waals surface area contributed by atoms with Crippen molar-refractivity contribution in [2.24, 2.45) is 5.41 Å². The van der Waals surface area contributed by atoms with E-state index in [1.54, 1.807) is 0 Å². The first-order chi connectivity index (χ1) is 9.07. The molecule has 0 spiro atoms. The summed E-state index contributed by atoms with van der Waals surface area (Å²) in [6.45, 7) is 7.34. The van der Waals surface area contributed by atoms with Crippen molar-refractivity contribution in [3.05, 3.63) is 0 Å². The van der Waals surface area contributed by atoms with Crippen molar-refractivity contribution >= 4 is 5.91 Å². The largest absolute Gasteiger partial charge is 0.375 e. The minimum atomic E-state index is 0.183. The summed E-state index contributed by atoms with van der Waals surface area (Å²) in [5.41, 5.74) is 0.277. The summed E-state index contributed by atoms with van der Waals surface area (Å²) < 4.78 is 5.74. The molecule has 4 heteroatoms. The maximum Gasteiger partial charge on any atom is 0.220 e. The molecular weight excluding hydrogens is 240 g/mol. The van der Waals surface area contributed by atoms with E-state index in [4.69, 9.17) is 4.74 Å². The Kier molecular flexibility index (Phi) is 5.22. The van der Waals surface area contributed by atoms with E-state index < -0.39 is 0 Å². The Labute approximate surface area is 116 Å². The molecule has 1 amide bonds. The lowest BCUT2D eigenvalue weighted by molar-refractivity contribution is -0.122. The highest BCUT2D eigenvalue weighted by Crippen LogP contribution is 2.27. The van der Waals surface area contributed by atoms with Crippen molar-refractivity contribution in [3.8, 4) is 0 Å². The second-order valence-corrected chi connectivity index (χ2v) is 6.52. The first kappa shape index (κ1) is 14.8. The lowest BCUT2D eigenvalue weighted by atomic mass is 9.81. The summed E-state index contributed by atoms with van der Waals surface area (Å²) in [5, 5.41) is 6.47. The molecule has 2 unspecified atom stereocenters. The molecule has 2 rings (SSSR count). The number of piperidine rings is 1. The third-order valence-corrected chi connectivity index (χ3v) is 4.54. The highest BCUT2D eigenvalue weighted by atomic mass is 16.5. The first-order valence-electron chi connectivity index (χ1n) is 7.70. The van der Waals surface area contributed by atoms with Gasteiger partial charge in [0.2, 0.25) is 5.91 Å². The summed E-state index contributed by atoms with van der Waals surface area (Å²) in [6, 6.07) is 0. The van der Waals surface area contributed by atoms with E-state index in [-0.39, 0.29) is 11.3 Å². The molecule has 2 aliphatic heterocycles. The van der Waals surface area contributed by atoms with Gasteiger partial charge in [0.25, 0.3) is 0 Å². The molecule has 0 saturated carbocycles. The molecule has 2 aliphatic rings. The minimum Gasteiger partial charge on any atom is -0.375 e.